The fourth-order valence-electron chi connectivity index (χ4n) is 3.63. The number of cyclic esters (lactones) is 1. The first-order valence-electron chi connectivity index (χ1n) is 10.9. The van der Waals surface area contributed by atoms with Gasteiger partial charge in [-0.1, -0.05) is 103 Å². The SMILES string of the molecule is C=C1OC(=O)/C(=C(\C)CCCCCCCCCCCCCCCC)[C@@H]1O. The van der Waals surface area contributed by atoms with E-state index in [4.69, 9.17) is 4.74 Å². The average Bonchev–Trinajstić information content (AvgIpc) is 2.87. The molecule has 1 fully saturated rings. The molecule has 150 valence electrons. The fourth-order valence-corrected chi connectivity index (χ4v) is 3.63. The molecule has 1 heterocycles. The number of carbonyl (C=O) groups excluding carboxylic acids is 1. The zero-order valence-corrected chi connectivity index (χ0v) is 17.2. The van der Waals surface area contributed by atoms with Gasteiger partial charge in [0.1, 0.15) is 11.9 Å². The minimum Gasteiger partial charge on any atom is -0.425 e. The Bertz CT molecular complexity index is 450. The lowest BCUT2D eigenvalue weighted by atomic mass is 9.99. The van der Waals surface area contributed by atoms with Crippen molar-refractivity contribution in [2.24, 2.45) is 0 Å². The molecule has 1 aliphatic heterocycles. The molecule has 0 amide bonds. The van der Waals surface area contributed by atoms with Gasteiger partial charge in [0.25, 0.3) is 0 Å². The van der Waals surface area contributed by atoms with Crippen LogP contribution in [-0.4, -0.2) is 17.2 Å². The number of rotatable bonds is 15. The Morgan fingerprint density at radius 3 is 1.69 bits per heavy atom. The Hall–Kier alpha value is -1.09. The lowest BCUT2D eigenvalue weighted by Gasteiger charge is -2.07. The van der Waals surface area contributed by atoms with Crippen LogP contribution in [0.1, 0.15) is 110 Å². The molecule has 0 unspecified atom stereocenters. The van der Waals surface area contributed by atoms with Crippen molar-refractivity contribution in [2.75, 3.05) is 0 Å². The topological polar surface area (TPSA) is 46.5 Å². The number of aliphatic hydroxyl groups is 1. The Kier molecular flexibility index (Phi) is 12.4. The van der Waals surface area contributed by atoms with Gasteiger partial charge in [-0.2, -0.15) is 0 Å². The monoisotopic (exact) mass is 364 g/mol. The summed E-state index contributed by atoms with van der Waals surface area (Å²) < 4.78 is 4.89. The van der Waals surface area contributed by atoms with E-state index in [-0.39, 0.29) is 5.76 Å². The van der Waals surface area contributed by atoms with Gasteiger partial charge in [-0.05, 0) is 19.8 Å². The standard InChI is InChI=1S/C23H40O3/c1-4-5-6-7-8-9-10-11-12-13-14-15-16-17-18-19(2)21-22(24)20(3)26-23(21)25/h22,24H,3-18H2,1-2H3/b21-19+/t22-/m1/s1. The molecular formula is C23H40O3. The molecule has 0 aromatic heterocycles. The van der Waals surface area contributed by atoms with E-state index in [1.807, 2.05) is 6.92 Å². The second kappa shape index (κ2) is 14.0. The summed E-state index contributed by atoms with van der Waals surface area (Å²) in [6.45, 7) is 7.75. The first kappa shape index (κ1) is 23.0. The molecule has 1 atom stereocenters. The van der Waals surface area contributed by atoms with Crippen LogP contribution in [0, 0.1) is 0 Å². The van der Waals surface area contributed by atoms with Gasteiger partial charge in [0.2, 0.25) is 0 Å². The molecule has 1 N–H and O–H groups in total. The Labute approximate surface area is 160 Å². The van der Waals surface area contributed by atoms with E-state index in [1.54, 1.807) is 0 Å². The van der Waals surface area contributed by atoms with Crippen LogP contribution in [0.2, 0.25) is 0 Å². The van der Waals surface area contributed by atoms with Crippen LogP contribution >= 0.6 is 0 Å². The van der Waals surface area contributed by atoms with Crippen LogP contribution in [-0.2, 0) is 9.53 Å². The van der Waals surface area contributed by atoms with Gasteiger partial charge in [-0.15, -0.1) is 0 Å². The van der Waals surface area contributed by atoms with Gasteiger partial charge in [0.05, 0.1) is 5.57 Å². The highest BCUT2D eigenvalue weighted by Crippen LogP contribution is 2.28. The minimum absolute atomic E-state index is 0.158. The predicted molar refractivity (Wildman–Crippen MR) is 109 cm³/mol. The lowest BCUT2D eigenvalue weighted by Crippen LogP contribution is -2.09. The summed E-state index contributed by atoms with van der Waals surface area (Å²) in [6, 6.07) is 0. The molecular weight excluding hydrogens is 324 g/mol. The van der Waals surface area contributed by atoms with Crippen molar-refractivity contribution in [3.63, 3.8) is 0 Å². The van der Waals surface area contributed by atoms with E-state index >= 15 is 0 Å². The first-order chi connectivity index (χ1) is 12.6. The first-order valence-corrected chi connectivity index (χ1v) is 10.9. The number of hydrogen-bond donors (Lipinski definition) is 1. The van der Waals surface area contributed by atoms with E-state index in [0.29, 0.717) is 5.57 Å². The summed E-state index contributed by atoms with van der Waals surface area (Å²) in [5.41, 5.74) is 1.35. The molecule has 0 aromatic rings. The van der Waals surface area contributed by atoms with E-state index in [2.05, 4.69) is 13.5 Å². The molecule has 1 rings (SSSR count). The minimum atomic E-state index is -0.936. The number of carbonyl (C=O) groups is 1. The fraction of sp³-hybridized carbons (Fsp3) is 0.783. The molecule has 1 aliphatic rings. The predicted octanol–water partition coefficient (Wildman–Crippen LogP) is 6.61. The van der Waals surface area contributed by atoms with Crippen LogP contribution < -0.4 is 0 Å². The summed E-state index contributed by atoms with van der Waals surface area (Å²) in [5, 5.41) is 9.91. The molecule has 0 spiro atoms. The normalized spacial score (nSPS) is 19.1. The van der Waals surface area contributed by atoms with Crippen LogP contribution in [0.15, 0.2) is 23.5 Å². The third kappa shape index (κ3) is 9.02. The van der Waals surface area contributed by atoms with E-state index in [1.165, 1.54) is 83.5 Å². The Morgan fingerprint density at radius 2 is 1.31 bits per heavy atom. The molecule has 0 aromatic carbocycles. The zero-order chi connectivity index (χ0) is 19.2. The number of hydrogen-bond acceptors (Lipinski definition) is 3. The smallest absolute Gasteiger partial charge is 0.342 e. The largest absolute Gasteiger partial charge is 0.425 e. The van der Waals surface area contributed by atoms with E-state index in [9.17, 15) is 9.90 Å². The second-order valence-electron chi connectivity index (χ2n) is 7.80. The number of esters is 1. The highest BCUT2D eigenvalue weighted by Gasteiger charge is 2.34. The molecule has 0 radical (unpaired) electrons. The third-order valence-electron chi connectivity index (χ3n) is 5.39. The van der Waals surface area contributed by atoms with Crippen molar-refractivity contribution in [3.8, 4) is 0 Å². The lowest BCUT2D eigenvalue weighted by molar-refractivity contribution is -0.132. The highest BCUT2D eigenvalue weighted by atomic mass is 16.6. The maximum atomic E-state index is 11.7. The van der Waals surface area contributed by atoms with Gasteiger partial charge in [-0.3, -0.25) is 0 Å². The summed E-state index contributed by atoms with van der Waals surface area (Å²) in [6.07, 6.45) is 18.7. The van der Waals surface area contributed by atoms with Gasteiger partial charge in [0, 0.05) is 0 Å². The summed E-state index contributed by atoms with van der Waals surface area (Å²) >= 11 is 0. The summed E-state index contributed by atoms with van der Waals surface area (Å²) in [5.74, 6) is -0.268. The summed E-state index contributed by atoms with van der Waals surface area (Å²) in [7, 11) is 0. The van der Waals surface area contributed by atoms with E-state index in [0.717, 1.165) is 18.4 Å². The average molecular weight is 365 g/mol. The molecule has 0 saturated carbocycles. The van der Waals surface area contributed by atoms with E-state index < -0.39 is 12.1 Å². The van der Waals surface area contributed by atoms with Crippen LogP contribution in [0.5, 0.6) is 0 Å². The van der Waals surface area contributed by atoms with Crippen LogP contribution in [0.25, 0.3) is 0 Å². The highest BCUT2D eigenvalue weighted by molar-refractivity contribution is 5.94. The van der Waals surface area contributed by atoms with Gasteiger partial charge in [-0.25, -0.2) is 4.79 Å². The molecule has 3 nitrogen and oxygen atoms in total. The zero-order valence-electron chi connectivity index (χ0n) is 17.2. The molecule has 0 bridgehead atoms. The van der Waals surface area contributed by atoms with Crippen molar-refractivity contribution < 1.29 is 14.6 Å². The number of ether oxygens (including phenoxy) is 1. The molecule has 26 heavy (non-hydrogen) atoms. The summed E-state index contributed by atoms with van der Waals surface area (Å²) in [4.78, 5) is 11.7. The maximum Gasteiger partial charge on any atom is 0.342 e. The quantitative estimate of drug-likeness (QED) is 0.202. The third-order valence-corrected chi connectivity index (χ3v) is 5.39. The number of unbranched alkanes of at least 4 members (excludes halogenated alkanes) is 13. The second-order valence-corrected chi connectivity index (χ2v) is 7.80. The molecule has 1 saturated heterocycles. The van der Waals surface area contributed by atoms with Crippen LogP contribution in [0.4, 0.5) is 0 Å². The van der Waals surface area contributed by atoms with Crippen molar-refractivity contribution in [1.29, 1.82) is 0 Å². The Balaban J connectivity index is 1.94. The Morgan fingerprint density at radius 1 is 0.885 bits per heavy atom. The van der Waals surface area contributed by atoms with Crippen molar-refractivity contribution in [3.05, 3.63) is 23.5 Å². The number of allylic oxidation sites excluding steroid dienone is 1. The van der Waals surface area contributed by atoms with Crippen molar-refractivity contribution in [2.45, 2.75) is 116 Å². The van der Waals surface area contributed by atoms with Crippen molar-refractivity contribution >= 4 is 5.97 Å². The number of aliphatic hydroxyl groups excluding tert-OH is 1. The van der Waals surface area contributed by atoms with Crippen molar-refractivity contribution in [1.82, 2.24) is 0 Å². The molecule has 3 heteroatoms. The van der Waals surface area contributed by atoms with Crippen LogP contribution in [0.3, 0.4) is 0 Å². The van der Waals surface area contributed by atoms with Gasteiger partial charge < -0.3 is 9.84 Å². The molecule has 0 aliphatic carbocycles. The van der Waals surface area contributed by atoms with Gasteiger partial charge >= 0.3 is 5.97 Å². The van der Waals surface area contributed by atoms with Gasteiger partial charge in [0.15, 0.2) is 0 Å². The maximum absolute atomic E-state index is 11.7.